The second-order valence-electron chi connectivity index (χ2n) is 2.72. The first-order valence-corrected chi connectivity index (χ1v) is 4.03. The highest BCUT2D eigenvalue weighted by Crippen LogP contribution is 2.05. The van der Waals surface area contributed by atoms with E-state index in [1.807, 2.05) is 0 Å². The van der Waals surface area contributed by atoms with Gasteiger partial charge in [0.05, 0.1) is 6.67 Å². The number of nitrogens with zero attached hydrogens (tertiary/aromatic N) is 3. The zero-order valence-corrected chi connectivity index (χ0v) is 6.67. The SMILES string of the molecule is CCc1nnc2n1CNCC2. The number of hydrogen-bond donors (Lipinski definition) is 1. The Bertz CT molecular complexity index is 239. The summed E-state index contributed by atoms with van der Waals surface area (Å²) in [5, 5.41) is 11.5. The van der Waals surface area contributed by atoms with Crippen LogP contribution in [0.25, 0.3) is 0 Å². The van der Waals surface area contributed by atoms with Crippen LogP contribution in [0.1, 0.15) is 18.6 Å². The molecule has 0 saturated heterocycles. The summed E-state index contributed by atoms with van der Waals surface area (Å²) in [5.41, 5.74) is 0. The van der Waals surface area contributed by atoms with Crippen molar-refractivity contribution in [3.8, 4) is 0 Å². The molecule has 0 saturated carbocycles. The molecule has 0 bridgehead atoms. The molecule has 1 N–H and O–H groups in total. The van der Waals surface area contributed by atoms with Crippen LogP contribution in [0.3, 0.4) is 0 Å². The molecule has 2 heterocycles. The van der Waals surface area contributed by atoms with E-state index < -0.39 is 0 Å². The molecule has 1 aromatic heterocycles. The van der Waals surface area contributed by atoms with E-state index in [0.29, 0.717) is 0 Å². The molecule has 0 unspecified atom stereocenters. The average molecular weight is 152 g/mol. The summed E-state index contributed by atoms with van der Waals surface area (Å²) < 4.78 is 2.16. The highest BCUT2D eigenvalue weighted by Gasteiger charge is 2.12. The van der Waals surface area contributed by atoms with Crippen LogP contribution in [-0.4, -0.2) is 21.3 Å². The maximum atomic E-state index is 4.10. The van der Waals surface area contributed by atoms with Crippen molar-refractivity contribution >= 4 is 0 Å². The van der Waals surface area contributed by atoms with Crippen LogP contribution in [0.2, 0.25) is 0 Å². The van der Waals surface area contributed by atoms with Gasteiger partial charge in [0.1, 0.15) is 11.6 Å². The third-order valence-corrected chi connectivity index (χ3v) is 2.02. The van der Waals surface area contributed by atoms with E-state index in [1.54, 1.807) is 0 Å². The lowest BCUT2D eigenvalue weighted by Crippen LogP contribution is -2.29. The van der Waals surface area contributed by atoms with Crippen molar-refractivity contribution in [2.24, 2.45) is 0 Å². The van der Waals surface area contributed by atoms with Gasteiger partial charge >= 0.3 is 0 Å². The minimum atomic E-state index is 0.880. The van der Waals surface area contributed by atoms with E-state index in [0.717, 1.165) is 37.7 Å². The van der Waals surface area contributed by atoms with Crippen LogP contribution in [0.4, 0.5) is 0 Å². The summed E-state index contributed by atoms with van der Waals surface area (Å²) in [6.45, 7) is 4.01. The Morgan fingerprint density at radius 3 is 3.27 bits per heavy atom. The zero-order chi connectivity index (χ0) is 7.68. The molecule has 4 nitrogen and oxygen atoms in total. The van der Waals surface area contributed by atoms with Gasteiger partial charge in [-0.1, -0.05) is 6.92 Å². The molecule has 0 atom stereocenters. The summed E-state index contributed by atoms with van der Waals surface area (Å²) in [6, 6.07) is 0. The van der Waals surface area contributed by atoms with Crippen LogP contribution in [-0.2, 0) is 19.5 Å². The standard InChI is InChI=1S/C7H12N4/c1-2-6-9-10-7-3-4-8-5-11(6)7/h8H,2-5H2,1H3. The average Bonchev–Trinajstić information content (AvgIpc) is 2.47. The first-order chi connectivity index (χ1) is 5.42. The lowest BCUT2D eigenvalue weighted by molar-refractivity contribution is 0.475. The fraction of sp³-hybridized carbons (Fsp3) is 0.714. The highest BCUT2D eigenvalue weighted by atomic mass is 15.3. The van der Waals surface area contributed by atoms with Crippen molar-refractivity contribution in [1.29, 1.82) is 0 Å². The van der Waals surface area contributed by atoms with Gasteiger partial charge in [0.2, 0.25) is 0 Å². The fourth-order valence-corrected chi connectivity index (χ4v) is 1.39. The number of hydrogen-bond acceptors (Lipinski definition) is 3. The van der Waals surface area contributed by atoms with Crippen LogP contribution in [0, 0.1) is 0 Å². The van der Waals surface area contributed by atoms with Crippen LogP contribution in [0.15, 0.2) is 0 Å². The molecular weight excluding hydrogens is 140 g/mol. The van der Waals surface area contributed by atoms with Gasteiger partial charge < -0.3 is 4.57 Å². The molecule has 1 aliphatic rings. The maximum Gasteiger partial charge on any atom is 0.135 e. The Kier molecular flexibility index (Phi) is 1.62. The molecule has 2 rings (SSSR count). The van der Waals surface area contributed by atoms with Gasteiger partial charge in [0, 0.05) is 19.4 Å². The zero-order valence-electron chi connectivity index (χ0n) is 6.67. The predicted octanol–water partition coefficient (Wildman–Crippen LogP) is -0.0563. The van der Waals surface area contributed by atoms with Crippen molar-refractivity contribution in [3.05, 3.63) is 11.6 Å². The van der Waals surface area contributed by atoms with Crippen LogP contribution >= 0.6 is 0 Å². The summed E-state index contributed by atoms with van der Waals surface area (Å²) in [6.07, 6.45) is 1.97. The third kappa shape index (κ3) is 1.03. The minimum absolute atomic E-state index is 0.880. The minimum Gasteiger partial charge on any atom is -0.301 e. The van der Waals surface area contributed by atoms with Gasteiger partial charge in [0.25, 0.3) is 0 Å². The third-order valence-electron chi connectivity index (χ3n) is 2.02. The number of rotatable bonds is 1. The van der Waals surface area contributed by atoms with E-state index in [-0.39, 0.29) is 0 Å². The van der Waals surface area contributed by atoms with Gasteiger partial charge in [-0.3, -0.25) is 5.32 Å². The quantitative estimate of drug-likeness (QED) is 0.613. The van der Waals surface area contributed by atoms with E-state index in [4.69, 9.17) is 0 Å². The normalized spacial score (nSPS) is 16.5. The predicted molar refractivity (Wildman–Crippen MR) is 41.1 cm³/mol. The van der Waals surface area contributed by atoms with Gasteiger partial charge in [-0.2, -0.15) is 0 Å². The largest absolute Gasteiger partial charge is 0.301 e. The maximum absolute atomic E-state index is 4.10. The first-order valence-electron chi connectivity index (χ1n) is 4.03. The number of aryl methyl sites for hydroxylation is 1. The van der Waals surface area contributed by atoms with Gasteiger partial charge in [-0.15, -0.1) is 10.2 Å². The van der Waals surface area contributed by atoms with Crippen LogP contribution in [0.5, 0.6) is 0 Å². The summed E-state index contributed by atoms with van der Waals surface area (Å²) in [4.78, 5) is 0. The molecule has 0 spiro atoms. The molecule has 1 aromatic rings. The van der Waals surface area contributed by atoms with E-state index >= 15 is 0 Å². The molecule has 0 radical (unpaired) electrons. The summed E-state index contributed by atoms with van der Waals surface area (Å²) >= 11 is 0. The van der Waals surface area contributed by atoms with E-state index in [1.165, 1.54) is 0 Å². The smallest absolute Gasteiger partial charge is 0.135 e. The Balaban J connectivity index is 2.38. The summed E-state index contributed by atoms with van der Waals surface area (Å²) in [7, 11) is 0. The molecule has 4 heteroatoms. The Hall–Kier alpha value is -0.900. The molecule has 0 fully saturated rings. The first kappa shape index (κ1) is 6.79. The molecular formula is C7H12N4. The van der Waals surface area contributed by atoms with Crippen LogP contribution < -0.4 is 5.32 Å². The molecule has 0 amide bonds. The lowest BCUT2D eigenvalue weighted by atomic mass is 10.3. The van der Waals surface area contributed by atoms with Crippen molar-refractivity contribution in [2.75, 3.05) is 6.54 Å². The molecule has 1 aliphatic heterocycles. The Morgan fingerprint density at radius 1 is 1.55 bits per heavy atom. The second-order valence-corrected chi connectivity index (χ2v) is 2.72. The van der Waals surface area contributed by atoms with Gasteiger partial charge in [0.15, 0.2) is 0 Å². The van der Waals surface area contributed by atoms with Crippen molar-refractivity contribution in [1.82, 2.24) is 20.1 Å². The van der Waals surface area contributed by atoms with Crippen molar-refractivity contribution < 1.29 is 0 Å². The Morgan fingerprint density at radius 2 is 2.45 bits per heavy atom. The van der Waals surface area contributed by atoms with Gasteiger partial charge in [-0.25, -0.2) is 0 Å². The monoisotopic (exact) mass is 152 g/mol. The number of nitrogens with one attached hydrogen (secondary N) is 1. The van der Waals surface area contributed by atoms with Gasteiger partial charge in [-0.05, 0) is 0 Å². The number of aromatic nitrogens is 3. The van der Waals surface area contributed by atoms with E-state index in [9.17, 15) is 0 Å². The fourth-order valence-electron chi connectivity index (χ4n) is 1.39. The lowest BCUT2D eigenvalue weighted by Gasteiger charge is -2.15. The molecule has 11 heavy (non-hydrogen) atoms. The highest BCUT2D eigenvalue weighted by molar-refractivity contribution is 4.98. The Labute approximate surface area is 65.6 Å². The second kappa shape index (κ2) is 2.62. The van der Waals surface area contributed by atoms with Crippen molar-refractivity contribution in [3.63, 3.8) is 0 Å². The summed E-state index contributed by atoms with van der Waals surface area (Å²) in [5.74, 6) is 2.22. The molecule has 0 aromatic carbocycles. The molecule has 0 aliphatic carbocycles. The topological polar surface area (TPSA) is 42.7 Å². The number of fused-ring (bicyclic) bond motifs is 1. The van der Waals surface area contributed by atoms with E-state index in [2.05, 4.69) is 27.0 Å². The molecule has 60 valence electrons. The van der Waals surface area contributed by atoms with Crippen molar-refractivity contribution in [2.45, 2.75) is 26.4 Å².